The van der Waals surface area contributed by atoms with Crippen LogP contribution in [0.4, 0.5) is 5.82 Å². The molecule has 1 aliphatic heterocycles. The molecule has 3 rings (SSSR count). The average molecular weight is 271 g/mol. The molecule has 1 N–H and O–H groups in total. The van der Waals surface area contributed by atoms with E-state index in [1.165, 1.54) is 25.9 Å². The highest BCUT2D eigenvalue weighted by atomic mass is 15.1. The van der Waals surface area contributed by atoms with Crippen molar-refractivity contribution in [1.29, 1.82) is 0 Å². The van der Waals surface area contributed by atoms with Gasteiger partial charge in [0.1, 0.15) is 11.3 Å². The molecule has 0 aromatic carbocycles. The van der Waals surface area contributed by atoms with Gasteiger partial charge in [0.25, 0.3) is 0 Å². The summed E-state index contributed by atoms with van der Waals surface area (Å²) in [5, 5.41) is 3.46. The lowest BCUT2D eigenvalue weighted by Gasteiger charge is -2.38. The first kappa shape index (κ1) is 13.2. The van der Waals surface area contributed by atoms with E-state index in [1.807, 2.05) is 12.1 Å². The van der Waals surface area contributed by atoms with Crippen molar-refractivity contribution in [2.45, 2.75) is 19.8 Å². The predicted molar refractivity (Wildman–Crippen MR) is 80.7 cm³/mol. The van der Waals surface area contributed by atoms with Crippen LogP contribution in [0.25, 0.3) is 11.2 Å². The van der Waals surface area contributed by atoms with Crippen molar-refractivity contribution in [2.24, 2.45) is 5.41 Å². The zero-order chi connectivity index (χ0) is 14.0. The number of likely N-dealkylation sites (tertiary alicyclic amines) is 1. The first-order valence-corrected chi connectivity index (χ1v) is 7.15. The topological polar surface area (TPSA) is 53.9 Å². The number of anilines is 1. The Morgan fingerprint density at radius 2 is 1.95 bits per heavy atom. The van der Waals surface area contributed by atoms with Crippen LogP contribution in [0.5, 0.6) is 0 Å². The molecular weight excluding hydrogens is 250 g/mol. The Morgan fingerprint density at radius 3 is 2.75 bits per heavy atom. The number of pyridine rings is 1. The number of aromatic nitrogens is 3. The Labute approximate surface area is 119 Å². The predicted octanol–water partition coefficient (Wildman–Crippen LogP) is 2.17. The summed E-state index contributed by atoms with van der Waals surface area (Å²) in [4.78, 5) is 15.4. The maximum Gasteiger partial charge on any atom is 0.180 e. The molecule has 5 nitrogen and oxygen atoms in total. The van der Waals surface area contributed by atoms with E-state index in [1.54, 1.807) is 12.4 Å². The fraction of sp³-hybridized carbons (Fsp3) is 0.533. The van der Waals surface area contributed by atoms with Crippen molar-refractivity contribution in [3.05, 3.63) is 24.5 Å². The molecule has 0 spiro atoms. The highest BCUT2D eigenvalue weighted by Gasteiger charge is 2.28. The number of hydrogen-bond donors (Lipinski definition) is 1. The van der Waals surface area contributed by atoms with Gasteiger partial charge in [0.2, 0.25) is 0 Å². The molecule has 20 heavy (non-hydrogen) atoms. The largest absolute Gasteiger partial charge is 0.369 e. The van der Waals surface area contributed by atoms with Crippen LogP contribution in [0.2, 0.25) is 0 Å². The fourth-order valence-electron chi connectivity index (χ4n) is 2.59. The van der Waals surface area contributed by atoms with Crippen LogP contribution in [-0.4, -0.2) is 46.5 Å². The maximum absolute atomic E-state index is 4.51. The first-order valence-electron chi connectivity index (χ1n) is 7.15. The van der Waals surface area contributed by atoms with E-state index >= 15 is 0 Å². The van der Waals surface area contributed by atoms with Crippen molar-refractivity contribution in [3.8, 4) is 0 Å². The Bertz CT molecular complexity index is 590. The second-order valence-corrected chi connectivity index (χ2v) is 6.06. The second-order valence-electron chi connectivity index (χ2n) is 6.06. The summed E-state index contributed by atoms with van der Waals surface area (Å²) in [7, 11) is 2.19. The summed E-state index contributed by atoms with van der Waals surface area (Å²) in [5.74, 6) is 0.887. The normalized spacial score (nSPS) is 19.1. The van der Waals surface area contributed by atoms with Crippen molar-refractivity contribution >= 4 is 17.0 Å². The standard InChI is InChI=1S/C15H21N5/c1-15(5-9-20(2)10-6-15)11-18-13-4-3-12-14(19-13)17-8-7-16-12/h3-4,7-8H,5-6,9-11H2,1-2H3,(H,17,18,19). The molecule has 5 heteroatoms. The summed E-state index contributed by atoms with van der Waals surface area (Å²) < 4.78 is 0. The smallest absolute Gasteiger partial charge is 0.180 e. The Kier molecular flexibility index (Phi) is 3.53. The summed E-state index contributed by atoms with van der Waals surface area (Å²) in [6, 6.07) is 3.95. The van der Waals surface area contributed by atoms with Crippen LogP contribution in [0.3, 0.4) is 0 Å². The number of hydrogen-bond acceptors (Lipinski definition) is 5. The average Bonchev–Trinajstić information content (AvgIpc) is 2.48. The van der Waals surface area contributed by atoms with Gasteiger partial charge in [0, 0.05) is 18.9 Å². The molecule has 106 valence electrons. The van der Waals surface area contributed by atoms with Gasteiger partial charge < -0.3 is 10.2 Å². The van der Waals surface area contributed by atoms with E-state index in [4.69, 9.17) is 0 Å². The minimum atomic E-state index is 0.353. The minimum absolute atomic E-state index is 0.353. The third-order valence-corrected chi connectivity index (χ3v) is 4.22. The fourth-order valence-corrected chi connectivity index (χ4v) is 2.59. The molecule has 1 fully saturated rings. The molecule has 0 atom stereocenters. The van der Waals surface area contributed by atoms with Crippen LogP contribution in [0.15, 0.2) is 24.5 Å². The van der Waals surface area contributed by atoms with Crippen molar-refractivity contribution in [3.63, 3.8) is 0 Å². The second kappa shape index (κ2) is 5.32. The summed E-state index contributed by atoms with van der Waals surface area (Å²) >= 11 is 0. The quantitative estimate of drug-likeness (QED) is 0.927. The number of piperidine rings is 1. The van der Waals surface area contributed by atoms with Crippen LogP contribution in [0.1, 0.15) is 19.8 Å². The van der Waals surface area contributed by atoms with Crippen LogP contribution < -0.4 is 5.32 Å². The lowest BCUT2D eigenvalue weighted by molar-refractivity contribution is 0.150. The third kappa shape index (κ3) is 2.88. The Balaban J connectivity index is 1.67. The van der Waals surface area contributed by atoms with E-state index in [9.17, 15) is 0 Å². The molecule has 0 bridgehead atoms. The van der Waals surface area contributed by atoms with Gasteiger partial charge in [-0.15, -0.1) is 0 Å². The van der Waals surface area contributed by atoms with E-state index in [0.717, 1.165) is 17.9 Å². The van der Waals surface area contributed by atoms with Crippen LogP contribution >= 0.6 is 0 Å². The summed E-state index contributed by atoms with van der Waals surface area (Å²) in [6.07, 6.45) is 5.82. The molecule has 0 saturated carbocycles. The summed E-state index contributed by atoms with van der Waals surface area (Å²) in [5.41, 5.74) is 1.89. The van der Waals surface area contributed by atoms with Gasteiger partial charge >= 0.3 is 0 Å². The van der Waals surface area contributed by atoms with Crippen molar-refractivity contribution in [2.75, 3.05) is 32.0 Å². The van der Waals surface area contributed by atoms with Gasteiger partial charge in [0.15, 0.2) is 5.65 Å². The monoisotopic (exact) mass is 271 g/mol. The molecular formula is C15H21N5. The maximum atomic E-state index is 4.51. The van der Waals surface area contributed by atoms with Gasteiger partial charge in [-0.25, -0.2) is 9.97 Å². The molecule has 0 radical (unpaired) electrons. The van der Waals surface area contributed by atoms with Crippen molar-refractivity contribution in [1.82, 2.24) is 19.9 Å². The molecule has 2 aromatic heterocycles. The van der Waals surface area contributed by atoms with Gasteiger partial charge in [0.05, 0.1) is 0 Å². The highest BCUT2D eigenvalue weighted by molar-refractivity contribution is 5.71. The van der Waals surface area contributed by atoms with Gasteiger partial charge in [-0.3, -0.25) is 4.98 Å². The number of rotatable bonds is 3. The summed E-state index contributed by atoms with van der Waals surface area (Å²) in [6.45, 7) is 5.66. The minimum Gasteiger partial charge on any atom is -0.369 e. The Hall–Kier alpha value is -1.75. The molecule has 1 aliphatic rings. The van der Waals surface area contributed by atoms with E-state index in [2.05, 4.69) is 39.1 Å². The zero-order valence-electron chi connectivity index (χ0n) is 12.1. The highest BCUT2D eigenvalue weighted by Crippen LogP contribution is 2.30. The van der Waals surface area contributed by atoms with E-state index in [-0.39, 0.29) is 0 Å². The molecule has 2 aromatic rings. The van der Waals surface area contributed by atoms with Gasteiger partial charge in [-0.2, -0.15) is 0 Å². The molecule has 0 aliphatic carbocycles. The van der Waals surface area contributed by atoms with Gasteiger partial charge in [-0.1, -0.05) is 6.92 Å². The molecule has 0 amide bonds. The molecule has 3 heterocycles. The number of nitrogens with one attached hydrogen (secondary N) is 1. The molecule has 0 unspecified atom stereocenters. The van der Waals surface area contributed by atoms with Gasteiger partial charge in [-0.05, 0) is 50.5 Å². The number of nitrogens with zero attached hydrogens (tertiary/aromatic N) is 4. The van der Waals surface area contributed by atoms with E-state index < -0.39 is 0 Å². The third-order valence-electron chi connectivity index (χ3n) is 4.22. The zero-order valence-corrected chi connectivity index (χ0v) is 12.1. The lowest BCUT2D eigenvalue weighted by atomic mass is 9.80. The first-order chi connectivity index (χ1) is 9.65. The lowest BCUT2D eigenvalue weighted by Crippen LogP contribution is -2.40. The van der Waals surface area contributed by atoms with Crippen LogP contribution in [-0.2, 0) is 0 Å². The van der Waals surface area contributed by atoms with E-state index in [0.29, 0.717) is 11.1 Å². The molecule has 1 saturated heterocycles. The van der Waals surface area contributed by atoms with Crippen molar-refractivity contribution < 1.29 is 0 Å². The van der Waals surface area contributed by atoms with Crippen LogP contribution in [0, 0.1) is 5.41 Å². The number of fused-ring (bicyclic) bond motifs is 1. The Morgan fingerprint density at radius 1 is 1.20 bits per heavy atom. The SMILES string of the molecule is CN1CCC(C)(CNc2ccc3nccnc3n2)CC1.